The summed E-state index contributed by atoms with van der Waals surface area (Å²) in [6.07, 6.45) is 4.24. The van der Waals surface area contributed by atoms with Gasteiger partial charge in [-0.2, -0.15) is 15.6 Å². The van der Waals surface area contributed by atoms with Crippen LogP contribution in [0.5, 0.6) is 5.75 Å². The quantitative estimate of drug-likeness (QED) is 0.211. The zero-order valence-corrected chi connectivity index (χ0v) is 14.2. The van der Waals surface area contributed by atoms with Crippen molar-refractivity contribution in [1.29, 1.82) is 0 Å². The molecule has 10 heteroatoms. The number of unbranched alkanes of at least 4 members (excludes halogenated alkanes) is 2. The number of hydrogen-bond donors (Lipinski definition) is 3. The molecule has 10 nitrogen and oxygen atoms in total. The number of benzene rings is 1. The van der Waals surface area contributed by atoms with Crippen molar-refractivity contribution in [3.63, 3.8) is 0 Å². The maximum Gasteiger partial charge on any atom is 0.313 e. The normalized spacial score (nSPS) is 19.1. The lowest BCUT2D eigenvalue weighted by Gasteiger charge is -2.23. The maximum absolute atomic E-state index is 11.8. The van der Waals surface area contributed by atoms with Crippen LogP contribution in [0.2, 0.25) is 0 Å². The summed E-state index contributed by atoms with van der Waals surface area (Å²) in [7, 11) is 0. The van der Waals surface area contributed by atoms with Gasteiger partial charge < -0.3 is 4.74 Å². The molecular formula is C15H22N6O4. The lowest BCUT2D eigenvalue weighted by Crippen LogP contribution is -2.58. The van der Waals surface area contributed by atoms with Gasteiger partial charge in [0.2, 0.25) is 0 Å². The number of carbonyl (C=O) groups excluding carboxylic acids is 1. The first-order valence-electron chi connectivity index (χ1n) is 7.96. The second-order valence-electron chi connectivity index (χ2n) is 5.81. The minimum Gasteiger partial charge on any atom is -0.487 e. The molecule has 0 aromatic heterocycles. The summed E-state index contributed by atoms with van der Waals surface area (Å²) in [6, 6.07) is 4.49. The summed E-state index contributed by atoms with van der Waals surface area (Å²) in [4.78, 5) is 22.6. The van der Waals surface area contributed by atoms with Crippen LogP contribution in [0.15, 0.2) is 23.3 Å². The molecule has 1 heterocycles. The molecule has 0 radical (unpaired) electrons. The molecule has 1 amide bonds. The van der Waals surface area contributed by atoms with Crippen LogP contribution in [0.1, 0.15) is 33.1 Å². The number of nitrogens with two attached hydrogens (primary N) is 1. The van der Waals surface area contributed by atoms with Gasteiger partial charge in [-0.25, -0.2) is 5.84 Å². The highest BCUT2D eigenvalue weighted by Crippen LogP contribution is 2.32. The number of rotatable bonds is 8. The molecule has 1 aromatic rings. The van der Waals surface area contributed by atoms with Gasteiger partial charge in [0, 0.05) is 6.07 Å². The number of anilines is 1. The van der Waals surface area contributed by atoms with E-state index in [0.29, 0.717) is 12.3 Å². The van der Waals surface area contributed by atoms with Crippen molar-refractivity contribution in [3.05, 3.63) is 28.3 Å². The highest BCUT2D eigenvalue weighted by atomic mass is 16.6. The zero-order valence-electron chi connectivity index (χ0n) is 14.2. The highest BCUT2D eigenvalue weighted by Gasteiger charge is 2.38. The van der Waals surface area contributed by atoms with E-state index in [1.807, 2.05) is 5.43 Å². The standard InChI is InChI=1S/C15H22N6O4/c1-3-4-5-8-25-13-7-6-11(9-12(13)21(23)24)20-17-10-15(2,19-20)14(22)18-16/h6-7,9-10,19H,3-5,8,16H2,1-2H3,(H,18,22). The third-order valence-electron chi connectivity index (χ3n) is 3.76. The molecule has 4 N–H and O–H groups in total. The van der Waals surface area contributed by atoms with Crippen molar-refractivity contribution in [1.82, 2.24) is 10.9 Å². The largest absolute Gasteiger partial charge is 0.487 e. The predicted octanol–water partition coefficient (Wildman–Crippen LogP) is 1.22. The van der Waals surface area contributed by atoms with Crippen molar-refractivity contribution in [2.45, 2.75) is 38.6 Å². The number of hydrazone groups is 1. The number of nitrogens with zero attached hydrogens (tertiary/aromatic N) is 3. The maximum atomic E-state index is 11.8. The SMILES string of the molecule is CCCCCOc1ccc(N2N=CC(C)(C(=O)NN)N2)cc1[N+](=O)[O-]. The minimum atomic E-state index is -1.14. The average molecular weight is 350 g/mol. The Morgan fingerprint density at radius 1 is 1.52 bits per heavy atom. The molecule has 0 bridgehead atoms. The van der Waals surface area contributed by atoms with E-state index >= 15 is 0 Å². The number of hydrazine groups is 2. The number of nitrogens with one attached hydrogen (secondary N) is 2. The Kier molecular flexibility index (Phi) is 5.88. The second kappa shape index (κ2) is 7.90. The number of amides is 1. The van der Waals surface area contributed by atoms with Gasteiger partial charge in [-0.3, -0.25) is 20.3 Å². The van der Waals surface area contributed by atoms with Crippen LogP contribution in [-0.4, -0.2) is 29.2 Å². The molecule has 25 heavy (non-hydrogen) atoms. The van der Waals surface area contributed by atoms with Crippen molar-refractivity contribution in [3.8, 4) is 5.75 Å². The Balaban J connectivity index is 2.16. The van der Waals surface area contributed by atoms with Gasteiger partial charge in [0.1, 0.15) is 0 Å². The van der Waals surface area contributed by atoms with E-state index in [4.69, 9.17) is 10.6 Å². The van der Waals surface area contributed by atoms with E-state index in [-0.39, 0.29) is 11.4 Å². The van der Waals surface area contributed by atoms with Crippen LogP contribution >= 0.6 is 0 Å². The number of hydrogen-bond acceptors (Lipinski definition) is 8. The van der Waals surface area contributed by atoms with Gasteiger partial charge in [-0.1, -0.05) is 19.8 Å². The van der Waals surface area contributed by atoms with Crippen molar-refractivity contribution < 1.29 is 14.5 Å². The number of carbonyl (C=O) groups is 1. The summed E-state index contributed by atoms with van der Waals surface area (Å²) >= 11 is 0. The molecule has 1 aromatic carbocycles. The third kappa shape index (κ3) is 4.22. The predicted molar refractivity (Wildman–Crippen MR) is 93.0 cm³/mol. The van der Waals surface area contributed by atoms with Crippen molar-refractivity contribution in [2.75, 3.05) is 11.7 Å². The Hall–Kier alpha value is -2.72. The first kappa shape index (κ1) is 18.6. The smallest absolute Gasteiger partial charge is 0.313 e. The van der Waals surface area contributed by atoms with Gasteiger partial charge in [0.15, 0.2) is 11.3 Å². The van der Waals surface area contributed by atoms with E-state index in [1.54, 1.807) is 13.0 Å². The van der Waals surface area contributed by atoms with Gasteiger partial charge in [0.25, 0.3) is 5.91 Å². The van der Waals surface area contributed by atoms with E-state index in [1.165, 1.54) is 23.5 Å². The van der Waals surface area contributed by atoms with Crippen LogP contribution < -0.4 is 26.5 Å². The number of nitro benzene ring substituents is 1. The fraction of sp³-hybridized carbons (Fsp3) is 0.467. The fourth-order valence-corrected chi connectivity index (χ4v) is 2.28. The summed E-state index contributed by atoms with van der Waals surface area (Å²) in [5, 5.41) is 16.7. The van der Waals surface area contributed by atoms with Gasteiger partial charge in [-0.15, -0.1) is 0 Å². The minimum absolute atomic E-state index is 0.164. The lowest BCUT2D eigenvalue weighted by atomic mass is 10.1. The molecule has 2 rings (SSSR count). The van der Waals surface area contributed by atoms with Gasteiger partial charge >= 0.3 is 5.69 Å². The van der Waals surface area contributed by atoms with Crippen molar-refractivity contribution in [2.24, 2.45) is 10.9 Å². The molecule has 1 atom stereocenters. The average Bonchev–Trinajstić information content (AvgIpc) is 3.01. The van der Waals surface area contributed by atoms with Crippen LogP contribution in [-0.2, 0) is 4.79 Å². The molecular weight excluding hydrogens is 328 g/mol. The number of nitro groups is 1. The summed E-state index contributed by atoms with van der Waals surface area (Å²) in [5.41, 5.74) is 3.98. The zero-order chi connectivity index (χ0) is 18.4. The molecule has 0 spiro atoms. The summed E-state index contributed by atoms with van der Waals surface area (Å²) < 4.78 is 5.52. The molecule has 1 unspecified atom stereocenters. The molecule has 1 aliphatic heterocycles. The monoisotopic (exact) mass is 350 g/mol. The molecule has 0 fully saturated rings. The van der Waals surface area contributed by atoms with Crippen LogP contribution in [0.3, 0.4) is 0 Å². The fourth-order valence-electron chi connectivity index (χ4n) is 2.28. The van der Waals surface area contributed by atoms with Crippen LogP contribution in [0.25, 0.3) is 0 Å². The van der Waals surface area contributed by atoms with Gasteiger partial charge in [-0.05, 0) is 25.5 Å². The summed E-state index contributed by atoms with van der Waals surface area (Å²) in [6.45, 7) is 4.07. The lowest BCUT2D eigenvalue weighted by molar-refractivity contribution is -0.385. The Morgan fingerprint density at radius 3 is 2.92 bits per heavy atom. The van der Waals surface area contributed by atoms with E-state index in [0.717, 1.165) is 19.3 Å². The topological polar surface area (TPSA) is 135 Å². The van der Waals surface area contributed by atoms with E-state index < -0.39 is 16.4 Å². The molecule has 0 saturated carbocycles. The first-order valence-corrected chi connectivity index (χ1v) is 7.96. The molecule has 0 saturated heterocycles. The third-order valence-corrected chi connectivity index (χ3v) is 3.76. The molecule has 136 valence electrons. The van der Waals surface area contributed by atoms with Crippen molar-refractivity contribution >= 4 is 23.5 Å². The highest BCUT2D eigenvalue weighted by molar-refractivity contribution is 6.04. The first-order chi connectivity index (χ1) is 11.9. The Labute approximate surface area is 145 Å². The second-order valence-corrected chi connectivity index (χ2v) is 5.81. The number of ether oxygens (including phenoxy) is 1. The van der Waals surface area contributed by atoms with Crippen LogP contribution in [0, 0.1) is 10.1 Å². The molecule has 1 aliphatic rings. The van der Waals surface area contributed by atoms with Crippen LogP contribution in [0.4, 0.5) is 11.4 Å². The Morgan fingerprint density at radius 2 is 2.28 bits per heavy atom. The van der Waals surface area contributed by atoms with E-state index in [9.17, 15) is 14.9 Å². The molecule has 0 aliphatic carbocycles. The van der Waals surface area contributed by atoms with E-state index in [2.05, 4.69) is 17.5 Å². The summed E-state index contributed by atoms with van der Waals surface area (Å²) in [5.74, 6) is 4.87. The van der Waals surface area contributed by atoms with Gasteiger partial charge in [0.05, 0.1) is 23.4 Å². The Bertz CT molecular complexity index is 680.